The minimum atomic E-state index is -0.635. The molecule has 0 aliphatic carbocycles. The zero-order valence-corrected chi connectivity index (χ0v) is 10.7. The van der Waals surface area contributed by atoms with Gasteiger partial charge in [-0.1, -0.05) is 12.1 Å². The number of nitrogens with zero attached hydrogens (tertiary/aromatic N) is 1. The maximum Gasteiger partial charge on any atom is 0.251 e. The first-order valence-electron chi connectivity index (χ1n) is 6.40. The van der Waals surface area contributed by atoms with E-state index in [0.29, 0.717) is 12.2 Å². The van der Waals surface area contributed by atoms with E-state index in [-0.39, 0.29) is 18.6 Å². The summed E-state index contributed by atoms with van der Waals surface area (Å²) in [6.45, 7) is 0.615. The fourth-order valence-corrected chi connectivity index (χ4v) is 2.16. The summed E-state index contributed by atoms with van der Waals surface area (Å²) in [7, 11) is 0. The molecule has 1 aromatic heterocycles. The van der Waals surface area contributed by atoms with E-state index in [4.69, 9.17) is 4.74 Å². The van der Waals surface area contributed by atoms with Crippen LogP contribution in [-0.2, 0) is 4.74 Å². The molecule has 6 nitrogen and oxygen atoms in total. The number of benzene rings is 1. The molecule has 1 aliphatic rings. The molecule has 2 aromatic rings. The average Bonchev–Trinajstić information content (AvgIpc) is 3.12. The number of rotatable bonds is 3. The molecule has 1 aromatic carbocycles. The third-order valence-electron chi connectivity index (χ3n) is 3.35. The van der Waals surface area contributed by atoms with Crippen LogP contribution in [-0.4, -0.2) is 46.6 Å². The van der Waals surface area contributed by atoms with Crippen molar-refractivity contribution in [1.82, 2.24) is 15.5 Å². The summed E-state index contributed by atoms with van der Waals surface area (Å²) < 4.78 is 5.10. The Morgan fingerprint density at radius 2 is 2.10 bits per heavy atom. The van der Waals surface area contributed by atoms with Crippen LogP contribution in [0.15, 0.2) is 36.7 Å². The van der Waals surface area contributed by atoms with Crippen LogP contribution < -0.4 is 5.32 Å². The lowest BCUT2D eigenvalue weighted by Crippen LogP contribution is -2.42. The number of amides is 1. The van der Waals surface area contributed by atoms with Gasteiger partial charge in [0.25, 0.3) is 5.91 Å². The molecule has 0 bridgehead atoms. The van der Waals surface area contributed by atoms with Crippen LogP contribution in [0.2, 0.25) is 0 Å². The van der Waals surface area contributed by atoms with E-state index < -0.39 is 6.10 Å². The molecule has 1 aliphatic heterocycles. The second kappa shape index (κ2) is 5.44. The van der Waals surface area contributed by atoms with Gasteiger partial charge in [-0.25, -0.2) is 0 Å². The van der Waals surface area contributed by atoms with Crippen LogP contribution in [0, 0.1) is 0 Å². The molecule has 6 heteroatoms. The highest BCUT2D eigenvalue weighted by atomic mass is 16.5. The fraction of sp³-hybridized carbons (Fsp3) is 0.286. The summed E-state index contributed by atoms with van der Waals surface area (Å²) in [5, 5.41) is 19.0. The van der Waals surface area contributed by atoms with E-state index >= 15 is 0 Å². The molecule has 0 spiro atoms. The molecule has 0 saturated carbocycles. The van der Waals surface area contributed by atoms with Gasteiger partial charge in [0.1, 0.15) is 0 Å². The monoisotopic (exact) mass is 273 g/mol. The van der Waals surface area contributed by atoms with Crippen molar-refractivity contribution in [3.8, 4) is 11.1 Å². The average molecular weight is 273 g/mol. The molecule has 1 amide bonds. The van der Waals surface area contributed by atoms with E-state index in [2.05, 4.69) is 15.5 Å². The van der Waals surface area contributed by atoms with Gasteiger partial charge < -0.3 is 15.2 Å². The second-order valence-corrected chi connectivity index (χ2v) is 4.75. The summed E-state index contributed by atoms with van der Waals surface area (Å²) in [5.74, 6) is -0.210. The van der Waals surface area contributed by atoms with Crippen molar-refractivity contribution in [3.63, 3.8) is 0 Å². The first-order valence-corrected chi connectivity index (χ1v) is 6.40. The molecule has 20 heavy (non-hydrogen) atoms. The van der Waals surface area contributed by atoms with Gasteiger partial charge in [-0.15, -0.1) is 0 Å². The second-order valence-electron chi connectivity index (χ2n) is 4.75. The summed E-state index contributed by atoms with van der Waals surface area (Å²) in [4.78, 5) is 12.0. The van der Waals surface area contributed by atoms with E-state index in [1.54, 1.807) is 24.5 Å². The van der Waals surface area contributed by atoms with Crippen LogP contribution >= 0.6 is 0 Å². The molecule has 0 unspecified atom stereocenters. The largest absolute Gasteiger partial charge is 0.388 e. The van der Waals surface area contributed by atoms with Gasteiger partial charge in [-0.05, 0) is 17.7 Å². The summed E-state index contributed by atoms with van der Waals surface area (Å²) in [6, 6.07) is 6.89. The molecule has 1 fully saturated rings. The Balaban J connectivity index is 1.69. The quantitative estimate of drug-likeness (QED) is 0.763. The predicted octanol–water partition coefficient (Wildman–Crippen LogP) is 0.566. The van der Waals surface area contributed by atoms with Gasteiger partial charge >= 0.3 is 0 Å². The summed E-state index contributed by atoms with van der Waals surface area (Å²) >= 11 is 0. The van der Waals surface area contributed by atoms with Gasteiger partial charge in [0.15, 0.2) is 0 Å². The minimum Gasteiger partial charge on any atom is -0.388 e. The molecule has 1 saturated heterocycles. The number of hydrogen-bond acceptors (Lipinski definition) is 4. The SMILES string of the molecule is O=C(N[C@H]1COC[C@H]1O)c1ccc(-c2cn[nH]c2)cc1. The van der Waals surface area contributed by atoms with Crippen LogP contribution in [0.3, 0.4) is 0 Å². The van der Waals surface area contributed by atoms with Gasteiger partial charge in [0.05, 0.1) is 31.6 Å². The number of H-pyrrole nitrogens is 1. The van der Waals surface area contributed by atoms with Crippen molar-refractivity contribution in [3.05, 3.63) is 42.2 Å². The smallest absolute Gasteiger partial charge is 0.251 e. The summed E-state index contributed by atoms with van der Waals surface area (Å²) in [6.07, 6.45) is 2.88. The Bertz CT molecular complexity index is 580. The highest BCUT2D eigenvalue weighted by Gasteiger charge is 2.27. The Morgan fingerprint density at radius 1 is 1.30 bits per heavy atom. The van der Waals surface area contributed by atoms with Gasteiger partial charge in [-0.3, -0.25) is 9.89 Å². The topological polar surface area (TPSA) is 87.2 Å². The van der Waals surface area contributed by atoms with Crippen molar-refractivity contribution in [2.75, 3.05) is 13.2 Å². The Labute approximate surface area is 115 Å². The Kier molecular flexibility index (Phi) is 3.49. The van der Waals surface area contributed by atoms with Gasteiger partial charge in [0.2, 0.25) is 0 Å². The van der Waals surface area contributed by atoms with Gasteiger partial charge in [0, 0.05) is 17.3 Å². The number of aromatic nitrogens is 2. The van der Waals surface area contributed by atoms with E-state index in [1.807, 2.05) is 12.1 Å². The molecular weight excluding hydrogens is 258 g/mol. The number of hydrogen-bond donors (Lipinski definition) is 3. The standard InChI is InChI=1S/C14H15N3O3/c18-13-8-20-7-12(13)17-14(19)10-3-1-9(2-4-10)11-5-15-16-6-11/h1-6,12-13,18H,7-8H2,(H,15,16)(H,17,19)/t12-,13+/m0/s1. The number of aliphatic hydroxyl groups excluding tert-OH is 1. The molecule has 0 radical (unpaired) electrons. The lowest BCUT2D eigenvalue weighted by molar-refractivity contribution is 0.0886. The zero-order chi connectivity index (χ0) is 13.9. The first kappa shape index (κ1) is 12.8. The number of aliphatic hydroxyl groups is 1. The van der Waals surface area contributed by atoms with Crippen molar-refractivity contribution in [2.45, 2.75) is 12.1 Å². The molecule has 104 valence electrons. The van der Waals surface area contributed by atoms with E-state index in [9.17, 15) is 9.90 Å². The maximum absolute atomic E-state index is 12.0. The summed E-state index contributed by atoms with van der Waals surface area (Å²) in [5.41, 5.74) is 2.51. The van der Waals surface area contributed by atoms with Crippen LogP contribution in [0.1, 0.15) is 10.4 Å². The highest BCUT2D eigenvalue weighted by Crippen LogP contribution is 2.18. The van der Waals surface area contributed by atoms with Crippen LogP contribution in [0.25, 0.3) is 11.1 Å². The highest BCUT2D eigenvalue weighted by molar-refractivity contribution is 5.94. The molecule has 2 heterocycles. The third kappa shape index (κ3) is 2.56. The van der Waals surface area contributed by atoms with E-state index in [1.165, 1.54) is 0 Å². The number of nitrogens with one attached hydrogen (secondary N) is 2. The Morgan fingerprint density at radius 3 is 2.70 bits per heavy atom. The lowest BCUT2D eigenvalue weighted by atomic mass is 10.1. The third-order valence-corrected chi connectivity index (χ3v) is 3.35. The molecule has 3 rings (SSSR count). The molecule has 2 atom stereocenters. The number of ether oxygens (including phenoxy) is 1. The van der Waals surface area contributed by atoms with Crippen molar-refractivity contribution >= 4 is 5.91 Å². The normalized spacial score (nSPS) is 21.9. The van der Waals surface area contributed by atoms with E-state index in [0.717, 1.165) is 11.1 Å². The van der Waals surface area contributed by atoms with Crippen molar-refractivity contribution < 1.29 is 14.6 Å². The number of carbonyl (C=O) groups excluding carboxylic acids is 1. The van der Waals surface area contributed by atoms with Crippen molar-refractivity contribution in [1.29, 1.82) is 0 Å². The lowest BCUT2D eigenvalue weighted by Gasteiger charge is -2.14. The predicted molar refractivity (Wildman–Crippen MR) is 72.1 cm³/mol. The first-order chi connectivity index (χ1) is 9.74. The number of carbonyl (C=O) groups is 1. The minimum absolute atomic E-state index is 0.210. The Hall–Kier alpha value is -2.18. The molecular formula is C14H15N3O3. The molecule has 3 N–H and O–H groups in total. The van der Waals surface area contributed by atoms with Gasteiger partial charge in [-0.2, -0.15) is 5.10 Å². The maximum atomic E-state index is 12.0. The zero-order valence-electron chi connectivity index (χ0n) is 10.7. The fourth-order valence-electron chi connectivity index (χ4n) is 2.16. The van der Waals surface area contributed by atoms with Crippen molar-refractivity contribution in [2.24, 2.45) is 0 Å². The number of aromatic amines is 1. The van der Waals surface area contributed by atoms with Crippen LogP contribution in [0.4, 0.5) is 0 Å². The van der Waals surface area contributed by atoms with Crippen LogP contribution in [0.5, 0.6) is 0 Å².